The van der Waals surface area contributed by atoms with Crippen LogP contribution in [0, 0.1) is 3.57 Å². The quantitative estimate of drug-likeness (QED) is 0.680. The highest BCUT2D eigenvalue weighted by Crippen LogP contribution is 2.18. The molecule has 3 rings (SSSR count). The molecule has 0 aliphatic heterocycles. The second-order valence-corrected chi connectivity index (χ2v) is 5.46. The maximum atomic E-state index is 4.44. The molecule has 0 aliphatic rings. The van der Waals surface area contributed by atoms with Crippen molar-refractivity contribution >= 4 is 33.5 Å². The molecule has 18 heavy (non-hydrogen) atoms. The van der Waals surface area contributed by atoms with E-state index < -0.39 is 0 Å². The molecule has 0 saturated carbocycles. The Labute approximate surface area is 119 Å². The number of aromatic nitrogens is 4. The van der Waals surface area contributed by atoms with Gasteiger partial charge < -0.3 is 0 Å². The highest BCUT2D eigenvalue weighted by molar-refractivity contribution is 14.1. The lowest BCUT2D eigenvalue weighted by Gasteiger charge is -2.01. The van der Waals surface area contributed by atoms with Crippen LogP contribution in [0.1, 0.15) is 12.5 Å². The molecule has 2 heterocycles. The fourth-order valence-electron chi connectivity index (χ4n) is 2.00. The van der Waals surface area contributed by atoms with E-state index in [4.69, 9.17) is 0 Å². The summed E-state index contributed by atoms with van der Waals surface area (Å²) in [6, 6.07) is 6.37. The molecule has 0 aliphatic carbocycles. The van der Waals surface area contributed by atoms with E-state index in [2.05, 4.69) is 64.1 Å². The largest absolute Gasteiger partial charge is 0.273 e. The molecule has 92 valence electrons. The van der Waals surface area contributed by atoms with E-state index in [-0.39, 0.29) is 0 Å². The number of hydrogen-bond acceptors (Lipinski definition) is 2. The fraction of sp³-hybridized carbons (Fsp3) is 0.231. The van der Waals surface area contributed by atoms with Crippen molar-refractivity contribution in [2.24, 2.45) is 0 Å². The zero-order valence-corrected chi connectivity index (χ0v) is 12.2. The van der Waals surface area contributed by atoms with Gasteiger partial charge in [0.25, 0.3) is 0 Å². The van der Waals surface area contributed by atoms with Crippen LogP contribution in [-0.2, 0) is 13.1 Å². The van der Waals surface area contributed by atoms with Gasteiger partial charge >= 0.3 is 0 Å². The molecule has 1 aromatic carbocycles. The Morgan fingerprint density at radius 2 is 2.11 bits per heavy atom. The molecule has 0 amide bonds. The van der Waals surface area contributed by atoms with Gasteiger partial charge in [-0.1, -0.05) is 6.07 Å². The van der Waals surface area contributed by atoms with Crippen LogP contribution in [-0.4, -0.2) is 19.6 Å². The average molecular weight is 352 g/mol. The summed E-state index contributed by atoms with van der Waals surface area (Å²) >= 11 is 2.33. The molecule has 0 radical (unpaired) electrons. The standard InChI is InChI=1S/C13H13IN4/c1-2-17-8-10(6-15-17)9-18-13-5-12(14)4-3-11(13)7-16-18/h3-8H,2,9H2,1H3. The van der Waals surface area contributed by atoms with Crippen LogP contribution in [0.3, 0.4) is 0 Å². The third-order valence-electron chi connectivity index (χ3n) is 2.95. The normalized spacial score (nSPS) is 11.2. The summed E-state index contributed by atoms with van der Waals surface area (Å²) in [5, 5.41) is 9.91. The van der Waals surface area contributed by atoms with Crippen molar-refractivity contribution in [2.75, 3.05) is 0 Å². The zero-order valence-electron chi connectivity index (χ0n) is 10.0. The van der Waals surface area contributed by atoms with E-state index in [0.717, 1.165) is 13.1 Å². The lowest BCUT2D eigenvalue weighted by molar-refractivity contribution is 0.656. The van der Waals surface area contributed by atoms with Crippen molar-refractivity contribution in [1.82, 2.24) is 19.6 Å². The van der Waals surface area contributed by atoms with Gasteiger partial charge in [-0.25, -0.2) is 0 Å². The van der Waals surface area contributed by atoms with Crippen molar-refractivity contribution < 1.29 is 0 Å². The molecular formula is C13H13IN4. The molecule has 0 bridgehead atoms. The van der Waals surface area contributed by atoms with Crippen LogP contribution in [0.2, 0.25) is 0 Å². The van der Waals surface area contributed by atoms with E-state index in [1.807, 2.05) is 21.8 Å². The van der Waals surface area contributed by atoms with E-state index >= 15 is 0 Å². The Kier molecular flexibility index (Phi) is 3.07. The van der Waals surface area contributed by atoms with E-state index in [1.165, 1.54) is 20.0 Å². The number of aryl methyl sites for hydroxylation is 1. The van der Waals surface area contributed by atoms with Gasteiger partial charge in [-0.3, -0.25) is 9.36 Å². The number of benzene rings is 1. The van der Waals surface area contributed by atoms with Crippen molar-refractivity contribution in [1.29, 1.82) is 0 Å². The fourth-order valence-corrected chi connectivity index (χ4v) is 2.48. The minimum atomic E-state index is 0.767. The molecule has 0 saturated heterocycles. The first-order valence-electron chi connectivity index (χ1n) is 5.88. The van der Waals surface area contributed by atoms with Gasteiger partial charge in [0.15, 0.2) is 0 Å². The summed E-state index contributed by atoms with van der Waals surface area (Å²) in [4.78, 5) is 0. The smallest absolute Gasteiger partial charge is 0.0697 e. The number of nitrogens with zero attached hydrogens (tertiary/aromatic N) is 4. The highest BCUT2D eigenvalue weighted by Gasteiger charge is 2.05. The summed E-state index contributed by atoms with van der Waals surface area (Å²) < 4.78 is 5.19. The predicted octanol–water partition coefficient (Wildman–Crippen LogP) is 2.91. The van der Waals surface area contributed by atoms with Crippen LogP contribution in [0.5, 0.6) is 0 Å². The topological polar surface area (TPSA) is 35.6 Å². The second kappa shape index (κ2) is 4.72. The van der Waals surface area contributed by atoms with Crippen LogP contribution >= 0.6 is 22.6 Å². The van der Waals surface area contributed by atoms with E-state index in [9.17, 15) is 0 Å². The first kappa shape index (κ1) is 11.7. The van der Waals surface area contributed by atoms with Crippen LogP contribution in [0.4, 0.5) is 0 Å². The summed E-state index contributed by atoms with van der Waals surface area (Å²) in [5.74, 6) is 0. The Balaban J connectivity index is 1.96. The van der Waals surface area contributed by atoms with Gasteiger partial charge in [0, 0.05) is 27.3 Å². The summed E-state index contributed by atoms with van der Waals surface area (Å²) in [7, 11) is 0. The monoisotopic (exact) mass is 352 g/mol. The number of rotatable bonds is 3. The minimum Gasteiger partial charge on any atom is -0.273 e. The predicted molar refractivity (Wildman–Crippen MR) is 79.5 cm³/mol. The number of hydrogen-bond donors (Lipinski definition) is 0. The van der Waals surface area contributed by atoms with Crippen molar-refractivity contribution in [3.8, 4) is 0 Å². The maximum Gasteiger partial charge on any atom is 0.0697 e. The summed E-state index contributed by atoms with van der Waals surface area (Å²) in [6.45, 7) is 3.75. The average Bonchev–Trinajstić information content (AvgIpc) is 2.97. The lowest BCUT2D eigenvalue weighted by atomic mass is 10.2. The molecule has 3 aromatic rings. The van der Waals surface area contributed by atoms with Crippen LogP contribution in [0.25, 0.3) is 10.9 Å². The Morgan fingerprint density at radius 3 is 2.89 bits per heavy atom. The summed E-state index contributed by atoms with van der Waals surface area (Å²) in [6.07, 6.45) is 5.89. The highest BCUT2D eigenvalue weighted by atomic mass is 127. The second-order valence-electron chi connectivity index (χ2n) is 4.21. The summed E-state index contributed by atoms with van der Waals surface area (Å²) in [5.41, 5.74) is 2.35. The van der Waals surface area contributed by atoms with Gasteiger partial charge in [-0.05, 0) is 41.6 Å². The van der Waals surface area contributed by atoms with E-state index in [1.54, 1.807) is 0 Å². The molecule has 0 spiro atoms. The van der Waals surface area contributed by atoms with Gasteiger partial charge in [-0.15, -0.1) is 0 Å². The molecule has 4 nitrogen and oxygen atoms in total. The molecule has 0 atom stereocenters. The SMILES string of the molecule is CCn1cc(Cn2ncc3ccc(I)cc32)cn1. The van der Waals surface area contributed by atoms with Gasteiger partial charge in [0.05, 0.1) is 24.5 Å². The number of fused-ring (bicyclic) bond motifs is 1. The first-order chi connectivity index (χ1) is 8.76. The van der Waals surface area contributed by atoms with Gasteiger partial charge in [0.1, 0.15) is 0 Å². The van der Waals surface area contributed by atoms with Crippen molar-refractivity contribution in [3.63, 3.8) is 0 Å². The molecule has 5 heteroatoms. The molecule has 0 unspecified atom stereocenters. The Hall–Kier alpha value is -1.37. The molecule has 0 N–H and O–H groups in total. The lowest BCUT2D eigenvalue weighted by Crippen LogP contribution is -2.00. The molecule has 0 fully saturated rings. The third-order valence-corrected chi connectivity index (χ3v) is 3.62. The van der Waals surface area contributed by atoms with Crippen LogP contribution in [0.15, 0.2) is 36.8 Å². The zero-order chi connectivity index (χ0) is 12.5. The Bertz CT molecular complexity index is 683. The minimum absolute atomic E-state index is 0.767. The molecule has 2 aromatic heterocycles. The van der Waals surface area contributed by atoms with Crippen LogP contribution < -0.4 is 0 Å². The maximum absolute atomic E-state index is 4.44. The van der Waals surface area contributed by atoms with Gasteiger partial charge in [0.2, 0.25) is 0 Å². The Morgan fingerprint density at radius 1 is 1.22 bits per heavy atom. The van der Waals surface area contributed by atoms with E-state index in [0.29, 0.717) is 0 Å². The number of halogens is 1. The molecular weight excluding hydrogens is 339 g/mol. The third kappa shape index (κ3) is 2.14. The van der Waals surface area contributed by atoms with Crippen molar-refractivity contribution in [3.05, 3.63) is 45.9 Å². The van der Waals surface area contributed by atoms with Crippen molar-refractivity contribution in [2.45, 2.75) is 20.0 Å². The van der Waals surface area contributed by atoms with Gasteiger partial charge in [-0.2, -0.15) is 10.2 Å². The first-order valence-corrected chi connectivity index (χ1v) is 6.96.